The molecule has 0 saturated heterocycles. The molecular formula is C16H20N2O. The molecule has 0 unspecified atom stereocenters. The zero-order valence-electron chi connectivity index (χ0n) is 11.4. The molecule has 3 nitrogen and oxygen atoms in total. The first-order valence-corrected chi connectivity index (χ1v) is 6.95. The first-order valence-electron chi connectivity index (χ1n) is 6.95. The van der Waals surface area contributed by atoms with Gasteiger partial charge in [-0.1, -0.05) is 31.4 Å². The lowest BCUT2D eigenvalue weighted by Gasteiger charge is -2.31. The summed E-state index contributed by atoms with van der Waals surface area (Å²) >= 11 is 0. The van der Waals surface area contributed by atoms with Gasteiger partial charge in [0.05, 0.1) is 18.1 Å². The predicted octanol–water partition coefficient (Wildman–Crippen LogP) is 2.89. The quantitative estimate of drug-likeness (QED) is 0.834. The van der Waals surface area contributed by atoms with E-state index in [0.29, 0.717) is 18.0 Å². The largest absolute Gasteiger partial charge is 0.342 e. The van der Waals surface area contributed by atoms with Gasteiger partial charge in [0.1, 0.15) is 0 Å². The van der Waals surface area contributed by atoms with Crippen LogP contribution in [0.2, 0.25) is 0 Å². The Hall–Kier alpha value is -1.82. The van der Waals surface area contributed by atoms with E-state index in [1.807, 2.05) is 24.1 Å². The van der Waals surface area contributed by atoms with Gasteiger partial charge in [0, 0.05) is 13.1 Å². The van der Waals surface area contributed by atoms with Gasteiger partial charge in [0.2, 0.25) is 5.91 Å². The van der Waals surface area contributed by atoms with Crippen molar-refractivity contribution in [3.63, 3.8) is 0 Å². The Labute approximate surface area is 114 Å². The molecule has 0 N–H and O–H groups in total. The van der Waals surface area contributed by atoms with Crippen LogP contribution in [0, 0.1) is 11.3 Å². The summed E-state index contributed by atoms with van der Waals surface area (Å²) < 4.78 is 0. The fourth-order valence-electron chi connectivity index (χ4n) is 2.67. The number of likely N-dealkylation sites (N-methyl/N-ethyl adjacent to an activating group) is 1. The molecule has 1 aliphatic carbocycles. The topological polar surface area (TPSA) is 44.1 Å². The molecule has 0 bridgehead atoms. The molecule has 1 aromatic carbocycles. The van der Waals surface area contributed by atoms with Gasteiger partial charge in [0.25, 0.3) is 0 Å². The molecule has 1 saturated carbocycles. The van der Waals surface area contributed by atoms with E-state index in [9.17, 15) is 4.79 Å². The second kappa shape index (κ2) is 6.38. The van der Waals surface area contributed by atoms with Gasteiger partial charge in [-0.3, -0.25) is 4.79 Å². The average Bonchev–Trinajstić information content (AvgIpc) is 2.48. The van der Waals surface area contributed by atoms with Crippen molar-refractivity contribution in [2.24, 2.45) is 0 Å². The van der Waals surface area contributed by atoms with Crippen LogP contribution in [-0.4, -0.2) is 23.9 Å². The molecule has 1 amide bonds. The van der Waals surface area contributed by atoms with E-state index in [0.717, 1.165) is 18.4 Å². The molecule has 19 heavy (non-hydrogen) atoms. The molecule has 0 heterocycles. The number of nitrogens with zero attached hydrogens (tertiary/aromatic N) is 2. The summed E-state index contributed by atoms with van der Waals surface area (Å²) in [4.78, 5) is 14.1. The van der Waals surface area contributed by atoms with Crippen molar-refractivity contribution in [2.75, 3.05) is 7.05 Å². The molecule has 0 spiro atoms. The van der Waals surface area contributed by atoms with Crippen LogP contribution in [0.3, 0.4) is 0 Å². The van der Waals surface area contributed by atoms with Crippen molar-refractivity contribution >= 4 is 5.91 Å². The summed E-state index contributed by atoms with van der Waals surface area (Å²) in [6, 6.07) is 9.77. The number of carbonyl (C=O) groups excluding carboxylic acids is 1. The highest BCUT2D eigenvalue weighted by Gasteiger charge is 2.21. The number of hydrogen-bond acceptors (Lipinski definition) is 2. The third kappa shape index (κ3) is 3.57. The van der Waals surface area contributed by atoms with Crippen LogP contribution in [0.1, 0.15) is 43.2 Å². The maximum absolute atomic E-state index is 12.2. The van der Waals surface area contributed by atoms with E-state index < -0.39 is 0 Å². The maximum atomic E-state index is 12.2. The second-order valence-electron chi connectivity index (χ2n) is 5.28. The van der Waals surface area contributed by atoms with Crippen LogP contribution in [0.5, 0.6) is 0 Å². The minimum atomic E-state index is 0.177. The summed E-state index contributed by atoms with van der Waals surface area (Å²) in [5.74, 6) is 0.177. The Bertz CT molecular complexity index is 467. The van der Waals surface area contributed by atoms with E-state index in [-0.39, 0.29) is 5.91 Å². The zero-order chi connectivity index (χ0) is 13.7. The van der Waals surface area contributed by atoms with Crippen LogP contribution in [-0.2, 0) is 11.2 Å². The lowest BCUT2D eigenvalue weighted by Crippen LogP contribution is -2.39. The molecule has 1 fully saturated rings. The fraction of sp³-hybridized carbons (Fsp3) is 0.500. The number of hydrogen-bond donors (Lipinski definition) is 0. The van der Waals surface area contributed by atoms with Gasteiger partial charge < -0.3 is 4.90 Å². The van der Waals surface area contributed by atoms with E-state index >= 15 is 0 Å². The lowest BCUT2D eigenvalue weighted by atomic mass is 9.94. The van der Waals surface area contributed by atoms with Crippen LogP contribution in [0.15, 0.2) is 24.3 Å². The van der Waals surface area contributed by atoms with E-state index in [1.54, 1.807) is 12.1 Å². The average molecular weight is 256 g/mol. The summed E-state index contributed by atoms with van der Waals surface area (Å²) in [5, 5.41) is 8.74. The van der Waals surface area contributed by atoms with Crippen molar-refractivity contribution in [3.05, 3.63) is 35.4 Å². The molecule has 0 radical (unpaired) electrons. The summed E-state index contributed by atoms with van der Waals surface area (Å²) in [6.45, 7) is 0. The van der Waals surface area contributed by atoms with Crippen molar-refractivity contribution < 1.29 is 4.79 Å². The first-order chi connectivity index (χ1) is 9.20. The first kappa shape index (κ1) is 13.6. The SMILES string of the molecule is CN(C(=O)Cc1ccc(C#N)cc1)C1CCCCC1. The summed E-state index contributed by atoms with van der Waals surface area (Å²) in [6.07, 6.45) is 6.47. The Kier molecular flexibility index (Phi) is 4.57. The molecule has 1 aromatic rings. The second-order valence-corrected chi connectivity index (χ2v) is 5.28. The Morgan fingerprint density at radius 2 is 1.89 bits per heavy atom. The van der Waals surface area contributed by atoms with E-state index in [2.05, 4.69) is 6.07 Å². The highest BCUT2D eigenvalue weighted by molar-refractivity contribution is 5.78. The highest BCUT2D eigenvalue weighted by Crippen LogP contribution is 2.22. The predicted molar refractivity (Wildman–Crippen MR) is 74.5 cm³/mol. The minimum Gasteiger partial charge on any atom is -0.342 e. The number of nitriles is 1. The monoisotopic (exact) mass is 256 g/mol. The van der Waals surface area contributed by atoms with Crippen LogP contribution in [0.25, 0.3) is 0 Å². The number of amides is 1. The molecule has 0 aliphatic heterocycles. The molecule has 1 aliphatic rings. The highest BCUT2D eigenvalue weighted by atomic mass is 16.2. The Morgan fingerprint density at radius 1 is 1.26 bits per heavy atom. The van der Waals surface area contributed by atoms with E-state index in [1.165, 1.54) is 19.3 Å². The smallest absolute Gasteiger partial charge is 0.226 e. The zero-order valence-corrected chi connectivity index (χ0v) is 11.4. The van der Waals surface area contributed by atoms with Crippen LogP contribution >= 0.6 is 0 Å². The fourth-order valence-corrected chi connectivity index (χ4v) is 2.67. The maximum Gasteiger partial charge on any atom is 0.226 e. The molecule has 3 heteroatoms. The number of benzene rings is 1. The van der Waals surface area contributed by atoms with Crippen molar-refractivity contribution in [3.8, 4) is 6.07 Å². The van der Waals surface area contributed by atoms with E-state index in [4.69, 9.17) is 5.26 Å². The van der Waals surface area contributed by atoms with Crippen molar-refractivity contribution in [2.45, 2.75) is 44.6 Å². The Morgan fingerprint density at radius 3 is 2.47 bits per heavy atom. The third-order valence-electron chi connectivity index (χ3n) is 3.95. The summed E-state index contributed by atoms with van der Waals surface area (Å²) in [5.41, 5.74) is 1.61. The Balaban J connectivity index is 1.93. The van der Waals surface area contributed by atoms with Crippen molar-refractivity contribution in [1.29, 1.82) is 5.26 Å². The third-order valence-corrected chi connectivity index (χ3v) is 3.95. The molecule has 0 aromatic heterocycles. The molecule has 100 valence electrons. The van der Waals surface area contributed by atoms with Gasteiger partial charge in [-0.25, -0.2) is 0 Å². The van der Waals surface area contributed by atoms with Crippen LogP contribution < -0.4 is 0 Å². The molecule has 0 atom stereocenters. The van der Waals surface area contributed by atoms with Gasteiger partial charge in [-0.2, -0.15) is 5.26 Å². The lowest BCUT2D eigenvalue weighted by molar-refractivity contribution is -0.131. The van der Waals surface area contributed by atoms with Crippen LogP contribution in [0.4, 0.5) is 0 Å². The minimum absolute atomic E-state index is 0.177. The number of carbonyl (C=O) groups is 1. The molecular weight excluding hydrogens is 236 g/mol. The van der Waals surface area contributed by atoms with Crippen molar-refractivity contribution in [1.82, 2.24) is 4.90 Å². The molecule has 2 rings (SSSR count). The van der Waals surface area contributed by atoms with Gasteiger partial charge in [-0.05, 0) is 30.5 Å². The number of rotatable bonds is 3. The standard InChI is InChI=1S/C16H20N2O/c1-18(15-5-3-2-4-6-15)16(19)11-13-7-9-14(12-17)10-8-13/h7-10,15H,2-6,11H2,1H3. The summed E-state index contributed by atoms with van der Waals surface area (Å²) in [7, 11) is 1.92. The van der Waals surface area contributed by atoms with Gasteiger partial charge in [0.15, 0.2) is 0 Å². The van der Waals surface area contributed by atoms with Gasteiger partial charge >= 0.3 is 0 Å². The normalized spacial score (nSPS) is 15.8. The van der Waals surface area contributed by atoms with Gasteiger partial charge in [-0.15, -0.1) is 0 Å².